The molecule has 1 N–H and O–H groups in total. The summed E-state index contributed by atoms with van der Waals surface area (Å²) in [4.78, 5) is 26.1. The molecule has 0 bridgehead atoms. The van der Waals surface area contributed by atoms with Crippen LogP contribution in [-0.2, 0) is 0 Å². The third-order valence-electron chi connectivity index (χ3n) is 5.97. The lowest BCUT2D eigenvalue weighted by molar-refractivity contribution is 0.102. The zero-order valence-corrected chi connectivity index (χ0v) is 20.2. The molecule has 8 nitrogen and oxygen atoms in total. The third kappa shape index (κ3) is 3.85. The van der Waals surface area contributed by atoms with Crippen LogP contribution in [0.4, 0.5) is 5.69 Å². The Balaban J connectivity index is 1.22. The van der Waals surface area contributed by atoms with Gasteiger partial charge < -0.3 is 9.73 Å². The number of rotatable bonds is 4. The molecule has 9 heteroatoms. The van der Waals surface area contributed by atoms with Gasteiger partial charge >= 0.3 is 5.63 Å². The summed E-state index contributed by atoms with van der Waals surface area (Å²) in [6.07, 6.45) is 0. The molecule has 3 heterocycles. The van der Waals surface area contributed by atoms with Crippen molar-refractivity contribution in [2.75, 3.05) is 5.32 Å². The molecule has 1 amide bonds. The summed E-state index contributed by atoms with van der Waals surface area (Å²) in [6.45, 7) is 3.80. The fourth-order valence-electron chi connectivity index (χ4n) is 4.03. The van der Waals surface area contributed by atoms with E-state index in [-0.39, 0.29) is 5.91 Å². The molecule has 0 saturated heterocycles. The molecule has 3 aromatic heterocycles. The van der Waals surface area contributed by atoms with Crippen LogP contribution < -0.4 is 10.9 Å². The van der Waals surface area contributed by atoms with Gasteiger partial charge in [0.25, 0.3) is 5.91 Å². The molecule has 0 saturated carbocycles. The topological polar surface area (TPSA) is 102 Å². The maximum Gasteiger partial charge on any atom is 0.344 e. The van der Waals surface area contributed by atoms with Crippen LogP contribution in [0.1, 0.15) is 21.7 Å². The lowest BCUT2D eigenvalue weighted by Gasteiger charge is -2.10. The summed E-state index contributed by atoms with van der Waals surface area (Å²) in [5.41, 5.74) is 4.31. The molecule has 0 fully saturated rings. The lowest BCUT2D eigenvalue weighted by Crippen LogP contribution is -2.12. The zero-order valence-electron chi connectivity index (χ0n) is 19.4. The smallest absolute Gasteiger partial charge is 0.344 e. The quantitative estimate of drug-likeness (QED) is 0.326. The number of nitrogens with zero attached hydrogens (tertiary/aromatic N) is 4. The predicted molar refractivity (Wildman–Crippen MR) is 139 cm³/mol. The van der Waals surface area contributed by atoms with Crippen LogP contribution in [-0.4, -0.2) is 25.7 Å². The Labute approximate surface area is 208 Å². The highest BCUT2D eigenvalue weighted by Gasteiger charge is 2.14. The van der Waals surface area contributed by atoms with E-state index in [1.165, 1.54) is 11.3 Å². The number of nitrogens with one attached hydrogen (secondary N) is 1. The van der Waals surface area contributed by atoms with Gasteiger partial charge in [-0.25, -0.2) is 4.79 Å². The lowest BCUT2D eigenvalue weighted by atomic mass is 10.0. The number of anilines is 1. The molecule has 6 rings (SSSR count). The van der Waals surface area contributed by atoms with E-state index in [4.69, 9.17) is 4.42 Å². The summed E-state index contributed by atoms with van der Waals surface area (Å²) in [6, 6.07) is 21.8. The van der Waals surface area contributed by atoms with Crippen molar-refractivity contribution < 1.29 is 9.21 Å². The largest absolute Gasteiger partial charge is 0.422 e. The Morgan fingerprint density at radius 2 is 1.72 bits per heavy atom. The van der Waals surface area contributed by atoms with Gasteiger partial charge in [-0.2, -0.15) is 9.61 Å². The normalized spacial score (nSPS) is 11.3. The number of aromatic nitrogens is 4. The fourth-order valence-corrected chi connectivity index (χ4v) is 4.91. The van der Waals surface area contributed by atoms with Crippen molar-refractivity contribution in [3.05, 3.63) is 100 Å². The number of benzene rings is 3. The van der Waals surface area contributed by atoms with Crippen molar-refractivity contribution in [1.29, 1.82) is 0 Å². The fraction of sp³-hybridized carbons (Fsp3) is 0.0741. The van der Waals surface area contributed by atoms with Crippen LogP contribution >= 0.6 is 11.3 Å². The molecular weight excluding hydrogens is 474 g/mol. The molecule has 0 aliphatic rings. The van der Waals surface area contributed by atoms with Gasteiger partial charge in [0.2, 0.25) is 4.96 Å². The van der Waals surface area contributed by atoms with Gasteiger partial charge in [-0.3, -0.25) is 4.79 Å². The SMILES string of the molecule is Cc1cc(-c2nn3c(C)nnc3s2)ccc1NC(=O)c1ccc(-c2cc3ccccc3oc2=O)cc1. The number of para-hydroxylation sites is 1. The number of carbonyl (C=O) groups excluding carboxylic acids is 1. The van der Waals surface area contributed by atoms with Gasteiger partial charge in [-0.05, 0) is 67.4 Å². The van der Waals surface area contributed by atoms with Gasteiger partial charge in [0.1, 0.15) is 10.6 Å². The number of hydrogen-bond donors (Lipinski definition) is 1. The molecule has 6 aromatic rings. The van der Waals surface area contributed by atoms with Gasteiger partial charge in [-0.1, -0.05) is 41.7 Å². The van der Waals surface area contributed by atoms with Gasteiger partial charge in [-0.15, -0.1) is 10.2 Å². The number of hydrogen-bond acceptors (Lipinski definition) is 7. The summed E-state index contributed by atoms with van der Waals surface area (Å²) in [5, 5.41) is 17.3. The summed E-state index contributed by atoms with van der Waals surface area (Å²) in [5.74, 6) is 0.498. The first-order valence-electron chi connectivity index (χ1n) is 11.2. The van der Waals surface area contributed by atoms with E-state index >= 15 is 0 Å². The highest BCUT2D eigenvalue weighted by atomic mass is 32.1. The highest BCUT2D eigenvalue weighted by Crippen LogP contribution is 2.29. The Morgan fingerprint density at radius 3 is 2.50 bits per heavy atom. The number of amides is 1. The highest BCUT2D eigenvalue weighted by molar-refractivity contribution is 7.19. The maximum absolute atomic E-state index is 12.9. The van der Waals surface area contributed by atoms with Crippen molar-refractivity contribution in [2.45, 2.75) is 13.8 Å². The zero-order chi connectivity index (χ0) is 24.8. The molecule has 176 valence electrons. The Morgan fingerprint density at radius 1 is 0.944 bits per heavy atom. The van der Waals surface area contributed by atoms with E-state index in [2.05, 4.69) is 20.6 Å². The molecule has 0 spiro atoms. The first-order chi connectivity index (χ1) is 17.5. The van der Waals surface area contributed by atoms with Crippen LogP contribution in [0.2, 0.25) is 0 Å². The van der Waals surface area contributed by atoms with E-state index in [1.54, 1.807) is 40.9 Å². The monoisotopic (exact) mass is 493 g/mol. The second-order valence-electron chi connectivity index (χ2n) is 8.40. The maximum atomic E-state index is 12.9. The molecule has 0 unspecified atom stereocenters. The van der Waals surface area contributed by atoms with E-state index in [9.17, 15) is 9.59 Å². The van der Waals surface area contributed by atoms with Crippen molar-refractivity contribution >= 4 is 38.9 Å². The first-order valence-corrected chi connectivity index (χ1v) is 12.0. The molecule has 36 heavy (non-hydrogen) atoms. The van der Waals surface area contributed by atoms with Crippen LogP contribution in [0.15, 0.2) is 82.0 Å². The predicted octanol–water partition coefficient (Wildman–Crippen LogP) is 5.50. The Bertz CT molecular complexity index is 1830. The van der Waals surface area contributed by atoms with Crippen molar-refractivity contribution in [3.8, 4) is 21.7 Å². The average molecular weight is 494 g/mol. The standard InChI is InChI=1S/C27H19N5O3S/c1-15-13-20(25-31-32-16(2)29-30-27(32)36-25)11-12-22(15)28-24(33)18-9-7-17(8-10-18)21-14-19-5-3-4-6-23(19)35-26(21)34/h3-14H,1-2H3,(H,28,33). The number of carbonyl (C=O) groups is 1. The summed E-state index contributed by atoms with van der Waals surface area (Å²) in [7, 11) is 0. The summed E-state index contributed by atoms with van der Waals surface area (Å²) >= 11 is 1.46. The van der Waals surface area contributed by atoms with Crippen LogP contribution in [0.5, 0.6) is 0 Å². The van der Waals surface area contributed by atoms with E-state index < -0.39 is 5.63 Å². The van der Waals surface area contributed by atoms with Crippen molar-refractivity contribution in [1.82, 2.24) is 19.8 Å². The van der Waals surface area contributed by atoms with E-state index in [1.807, 2.05) is 50.2 Å². The van der Waals surface area contributed by atoms with Gasteiger partial charge in [0.05, 0.1) is 5.56 Å². The Hall–Kier alpha value is -4.63. The molecule has 0 aliphatic carbocycles. The van der Waals surface area contributed by atoms with Gasteiger partial charge in [0.15, 0.2) is 5.82 Å². The molecular formula is C27H19N5O3S. The summed E-state index contributed by atoms with van der Waals surface area (Å²) < 4.78 is 7.15. The molecule has 3 aromatic carbocycles. The first kappa shape index (κ1) is 21.9. The molecule has 0 atom stereocenters. The molecule has 0 radical (unpaired) electrons. The molecule has 0 aliphatic heterocycles. The van der Waals surface area contributed by atoms with E-state index in [0.717, 1.165) is 32.3 Å². The van der Waals surface area contributed by atoms with E-state index in [0.29, 0.717) is 28.0 Å². The second-order valence-corrected chi connectivity index (χ2v) is 9.35. The minimum absolute atomic E-state index is 0.239. The third-order valence-corrected chi connectivity index (χ3v) is 6.92. The van der Waals surface area contributed by atoms with Gasteiger partial charge in [0, 0.05) is 22.2 Å². The van der Waals surface area contributed by atoms with Crippen molar-refractivity contribution in [2.24, 2.45) is 0 Å². The second kappa shape index (κ2) is 8.54. The average Bonchev–Trinajstić information content (AvgIpc) is 3.47. The number of aryl methyl sites for hydroxylation is 2. The van der Waals surface area contributed by atoms with Crippen LogP contribution in [0, 0.1) is 13.8 Å². The number of fused-ring (bicyclic) bond motifs is 2. The Kier molecular flexibility index (Phi) is 5.19. The minimum Gasteiger partial charge on any atom is -0.422 e. The van der Waals surface area contributed by atoms with Crippen LogP contribution in [0.3, 0.4) is 0 Å². The minimum atomic E-state index is -0.415. The van der Waals surface area contributed by atoms with Crippen LogP contribution in [0.25, 0.3) is 37.6 Å². The van der Waals surface area contributed by atoms with Crippen molar-refractivity contribution in [3.63, 3.8) is 0 Å².